The van der Waals surface area contributed by atoms with Crippen LogP contribution in [0.15, 0.2) is 47.1 Å². The maximum Gasteiger partial charge on any atom is 0.127 e. The topological polar surface area (TPSA) is 39.5 Å². The molecule has 1 aromatic carbocycles. The standard InChI is InChI=1S/C18H18ClN3OS2/c19-16-4-2-1-3-13(16)9-22-6-7-23-14(10-22)11-25-18-15-5-8-24-17(15)20-12-21-18/h1-5,8,12,14H,6-7,9-11H2/p+1/t14-/m1/s1. The molecule has 3 heterocycles. The van der Waals surface area contributed by atoms with Crippen molar-refractivity contribution in [2.75, 3.05) is 25.4 Å². The summed E-state index contributed by atoms with van der Waals surface area (Å²) >= 11 is 9.72. The summed E-state index contributed by atoms with van der Waals surface area (Å²) in [4.78, 5) is 11.3. The number of halogens is 1. The van der Waals surface area contributed by atoms with E-state index in [9.17, 15) is 0 Å². The van der Waals surface area contributed by atoms with Gasteiger partial charge in [-0.2, -0.15) is 0 Å². The van der Waals surface area contributed by atoms with Crippen molar-refractivity contribution in [2.24, 2.45) is 0 Å². The number of fused-ring (bicyclic) bond motifs is 1. The minimum absolute atomic E-state index is 0.236. The van der Waals surface area contributed by atoms with Crippen LogP contribution >= 0.6 is 34.7 Å². The van der Waals surface area contributed by atoms with Gasteiger partial charge in [-0.25, -0.2) is 9.97 Å². The Morgan fingerprint density at radius 3 is 3.12 bits per heavy atom. The molecule has 2 atom stereocenters. The summed E-state index contributed by atoms with van der Waals surface area (Å²) in [7, 11) is 0. The maximum absolute atomic E-state index is 6.30. The number of aromatic nitrogens is 2. The first-order valence-corrected chi connectivity index (χ1v) is 10.5. The van der Waals surface area contributed by atoms with Gasteiger partial charge in [0.05, 0.1) is 6.61 Å². The Bertz CT molecular complexity index is 857. The zero-order chi connectivity index (χ0) is 17.1. The number of quaternary nitrogens is 1. The van der Waals surface area contributed by atoms with Crippen molar-refractivity contribution in [3.8, 4) is 0 Å². The lowest BCUT2D eigenvalue weighted by Crippen LogP contribution is -3.13. The number of nitrogens with one attached hydrogen (secondary N) is 1. The summed E-state index contributed by atoms with van der Waals surface area (Å²) in [5.74, 6) is 0.911. The summed E-state index contributed by atoms with van der Waals surface area (Å²) in [6.07, 6.45) is 1.89. The first-order chi connectivity index (χ1) is 12.3. The number of ether oxygens (including phenoxy) is 1. The average molecular weight is 393 g/mol. The molecule has 1 saturated heterocycles. The molecule has 1 N–H and O–H groups in total. The molecule has 7 heteroatoms. The Hall–Kier alpha value is -1.18. The fraction of sp³-hybridized carbons (Fsp3) is 0.333. The second-order valence-corrected chi connectivity index (χ2v) is 8.40. The number of hydrogen-bond donors (Lipinski definition) is 1. The Morgan fingerprint density at radius 2 is 2.20 bits per heavy atom. The highest BCUT2D eigenvalue weighted by Gasteiger charge is 2.25. The van der Waals surface area contributed by atoms with Gasteiger partial charge >= 0.3 is 0 Å². The monoisotopic (exact) mass is 392 g/mol. The highest BCUT2D eigenvalue weighted by Crippen LogP contribution is 2.28. The first-order valence-electron chi connectivity index (χ1n) is 8.29. The second kappa shape index (κ2) is 8.01. The van der Waals surface area contributed by atoms with Gasteiger partial charge in [0.2, 0.25) is 0 Å². The molecule has 0 radical (unpaired) electrons. The largest absolute Gasteiger partial charge is 0.366 e. The van der Waals surface area contributed by atoms with Crippen LogP contribution in [0.2, 0.25) is 5.02 Å². The van der Waals surface area contributed by atoms with Gasteiger partial charge in [-0.15, -0.1) is 23.1 Å². The Morgan fingerprint density at radius 1 is 1.28 bits per heavy atom. The van der Waals surface area contributed by atoms with Crippen molar-refractivity contribution in [1.29, 1.82) is 0 Å². The van der Waals surface area contributed by atoms with Crippen molar-refractivity contribution < 1.29 is 9.64 Å². The van der Waals surface area contributed by atoms with E-state index in [1.807, 2.05) is 12.1 Å². The number of thiophene rings is 1. The minimum atomic E-state index is 0.236. The smallest absolute Gasteiger partial charge is 0.127 e. The number of rotatable bonds is 5. The molecule has 1 aliphatic heterocycles. The molecule has 0 amide bonds. The SMILES string of the molecule is Clc1ccccc1C[NH+]1CCO[C@@H](CSc2ncnc3sccc23)C1. The molecule has 1 aliphatic rings. The van der Waals surface area contributed by atoms with Gasteiger partial charge in [-0.3, -0.25) is 0 Å². The Labute approximate surface area is 160 Å². The lowest BCUT2D eigenvalue weighted by atomic mass is 10.2. The third kappa shape index (κ3) is 4.15. The minimum Gasteiger partial charge on any atom is -0.366 e. The number of thioether (sulfide) groups is 1. The van der Waals surface area contributed by atoms with Gasteiger partial charge in [0.1, 0.15) is 41.9 Å². The molecule has 25 heavy (non-hydrogen) atoms. The lowest BCUT2D eigenvalue weighted by molar-refractivity contribution is -0.924. The van der Waals surface area contributed by atoms with Crippen molar-refractivity contribution in [1.82, 2.24) is 9.97 Å². The van der Waals surface area contributed by atoms with Gasteiger partial charge in [0.15, 0.2) is 0 Å². The van der Waals surface area contributed by atoms with E-state index in [2.05, 4.69) is 33.5 Å². The summed E-state index contributed by atoms with van der Waals surface area (Å²) in [6, 6.07) is 10.2. The molecule has 0 spiro atoms. The molecule has 0 bridgehead atoms. The van der Waals surface area contributed by atoms with E-state index < -0.39 is 0 Å². The molecule has 0 saturated carbocycles. The Kier molecular flexibility index (Phi) is 5.53. The molecule has 0 aliphatic carbocycles. The summed E-state index contributed by atoms with van der Waals surface area (Å²) in [6.45, 7) is 3.76. The van der Waals surface area contributed by atoms with Crippen molar-refractivity contribution >= 4 is 44.9 Å². The third-order valence-corrected chi connectivity index (χ3v) is 6.68. The number of hydrogen-bond acceptors (Lipinski definition) is 5. The van der Waals surface area contributed by atoms with Crippen LogP contribution in [0.4, 0.5) is 0 Å². The Balaban J connectivity index is 1.37. The van der Waals surface area contributed by atoms with Crippen LogP contribution in [-0.2, 0) is 11.3 Å². The summed E-state index contributed by atoms with van der Waals surface area (Å²) in [5, 5.41) is 5.12. The van der Waals surface area contributed by atoms with E-state index in [0.29, 0.717) is 0 Å². The highest BCUT2D eigenvalue weighted by atomic mass is 35.5. The van der Waals surface area contributed by atoms with Gasteiger partial charge < -0.3 is 9.64 Å². The molecule has 4 nitrogen and oxygen atoms in total. The molecule has 1 fully saturated rings. The van der Waals surface area contributed by atoms with Crippen LogP contribution in [0.3, 0.4) is 0 Å². The van der Waals surface area contributed by atoms with E-state index in [1.54, 1.807) is 29.4 Å². The third-order valence-electron chi connectivity index (χ3n) is 4.35. The van der Waals surface area contributed by atoms with E-state index in [4.69, 9.17) is 16.3 Å². The molecule has 4 rings (SSSR count). The number of morpholine rings is 1. The fourth-order valence-corrected chi connectivity index (χ4v) is 5.09. The predicted octanol–water partition coefficient (Wildman–Crippen LogP) is 2.92. The van der Waals surface area contributed by atoms with E-state index >= 15 is 0 Å². The van der Waals surface area contributed by atoms with Crippen molar-refractivity contribution in [3.05, 3.63) is 52.6 Å². The van der Waals surface area contributed by atoms with E-state index in [0.717, 1.165) is 52.3 Å². The molecule has 3 aromatic rings. The summed E-state index contributed by atoms with van der Waals surface area (Å²) in [5.41, 5.74) is 1.21. The number of benzene rings is 1. The number of nitrogens with zero attached hydrogens (tertiary/aromatic N) is 2. The van der Waals surface area contributed by atoms with Gasteiger partial charge in [-0.05, 0) is 17.5 Å². The zero-order valence-electron chi connectivity index (χ0n) is 13.7. The van der Waals surface area contributed by atoms with Crippen LogP contribution in [-0.4, -0.2) is 41.5 Å². The quantitative estimate of drug-likeness (QED) is 0.535. The second-order valence-electron chi connectivity index (χ2n) is 6.09. The molecule has 1 unspecified atom stereocenters. The maximum atomic E-state index is 6.30. The van der Waals surface area contributed by atoms with Gasteiger partial charge in [0, 0.05) is 21.7 Å². The molecule has 130 valence electrons. The van der Waals surface area contributed by atoms with Crippen LogP contribution in [0.5, 0.6) is 0 Å². The van der Waals surface area contributed by atoms with Gasteiger partial charge in [0.25, 0.3) is 0 Å². The van der Waals surface area contributed by atoms with Crippen molar-refractivity contribution in [3.63, 3.8) is 0 Å². The summed E-state index contributed by atoms with van der Waals surface area (Å²) < 4.78 is 5.98. The van der Waals surface area contributed by atoms with Crippen LogP contribution in [0.25, 0.3) is 10.2 Å². The lowest BCUT2D eigenvalue weighted by Gasteiger charge is -2.30. The van der Waals surface area contributed by atoms with Crippen LogP contribution in [0.1, 0.15) is 5.56 Å². The van der Waals surface area contributed by atoms with Crippen LogP contribution in [0, 0.1) is 0 Å². The fourth-order valence-electron chi connectivity index (χ4n) is 3.09. The highest BCUT2D eigenvalue weighted by molar-refractivity contribution is 7.99. The first kappa shape index (κ1) is 17.2. The molecule has 2 aromatic heterocycles. The zero-order valence-corrected chi connectivity index (χ0v) is 16.0. The van der Waals surface area contributed by atoms with Gasteiger partial charge in [-0.1, -0.05) is 29.8 Å². The van der Waals surface area contributed by atoms with E-state index in [1.165, 1.54) is 10.5 Å². The predicted molar refractivity (Wildman–Crippen MR) is 104 cm³/mol. The average Bonchev–Trinajstić information content (AvgIpc) is 3.12. The molecular formula is C18H19ClN3OS2+. The molecular weight excluding hydrogens is 374 g/mol. The normalized spacial score (nSPS) is 20.8. The van der Waals surface area contributed by atoms with E-state index in [-0.39, 0.29) is 6.10 Å². The van der Waals surface area contributed by atoms with Crippen molar-refractivity contribution in [2.45, 2.75) is 17.7 Å². The van der Waals surface area contributed by atoms with Crippen LogP contribution < -0.4 is 4.90 Å².